The third-order valence-corrected chi connectivity index (χ3v) is 4.69. The van der Waals surface area contributed by atoms with E-state index in [-0.39, 0.29) is 23.8 Å². The monoisotopic (exact) mass is 304 g/mol. The molecule has 3 aliphatic rings. The Balaban J connectivity index is 1.47. The van der Waals surface area contributed by atoms with Crippen LogP contribution in [0.3, 0.4) is 0 Å². The van der Waals surface area contributed by atoms with E-state index >= 15 is 0 Å². The molecule has 2 amide bonds. The van der Waals surface area contributed by atoms with Crippen LogP contribution < -0.4 is 10.6 Å². The van der Waals surface area contributed by atoms with E-state index in [1.54, 1.807) is 6.07 Å². The molecule has 5 nitrogen and oxygen atoms in total. The first kappa shape index (κ1) is 13.5. The number of hydrogen-bond donors (Lipinski definition) is 2. The molecule has 3 atom stereocenters. The van der Waals surface area contributed by atoms with Crippen LogP contribution in [0.25, 0.3) is 0 Å². The van der Waals surface area contributed by atoms with Gasteiger partial charge in [0.15, 0.2) is 0 Å². The molecule has 1 heterocycles. The van der Waals surface area contributed by atoms with Crippen LogP contribution in [0.2, 0.25) is 0 Å². The van der Waals surface area contributed by atoms with E-state index in [0.29, 0.717) is 18.8 Å². The van der Waals surface area contributed by atoms with Crippen LogP contribution in [0.4, 0.5) is 9.18 Å². The maximum Gasteiger partial charge on any atom is 0.407 e. The molecule has 1 aromatic carbocycles. The number of rotatable bonds is 3. The highest BCUT2D eigenvalue weighted by Crippen LogP contribution is 2.40. The number of amides is 2. The number of carbonyl (C=O) groups is 2. The lowest BCUT2D eigenvalue weighted by molar-refractivity contribution is 0.0658. The number of fused-ring (bicyclic) bond motifs is 2. The molecule has 1 aromatic rings. The van der Waals surface area contributed by atoms with E-state index in [9.17, 15) is 14.0 Å². The molecular formula is C16H17FN2O3. The second-order valence-corrected chi connectivity index (χ2v) is 6.35. The van der Waals surface area contributed by atoms with E-state index in [1.807, 2.05) is 6.07 Å². The number of halogens is 1. The van der Waals surface area contributed by atoms with E-state index < -0.39 is 17.8 Å². The van der Waals surface area contributed by atoms with Gasteiger partial charge < -0.3 is 15.4 Å². The molecule has 6 heteroatoms. The van der Waals surface area contributed by atoms with Crippen molar-refractivity contribution in [2.45, 2.75) is 49.8 Å². The van der Waals surface area contributed by atoms with Crippen LogP contribution in [0.1, 0.15) is 47.5 Å². The van der Waals surface area contributed by atoms with Crippen molar-refractivity contribution in [3.05, 3.63) is 35.1 Å². The topological polar surface area (TPSA) is 67.4 Å². The Bertz CT molecular complexity index is 644. The van der Waals surface area contributed by atoms with Crippen LogP contribution in [0.15, 0.2) is 18.2 Å². The highest BCUT2D eigenvalue weighted by molar-refractivity contribution is 5.94. The van der Waals surface area contributed by atoms with Gasteiger partial charge in [0.25, 0.3) is 5.91 Å². The van der Waals surface area contributed by atoms with Gasteiger partial charge in [0.2, 0.25) is 0 Å². The summed E-state index contributed by atoms with van der Waals surface area (Å²) in [4.78, 5) is 23.6. The van der Waals surface area contributed by atoms with Gasteiger partial charge in [0.1, 0.15) is 11.9 Å². The third kappa shape index (κ3) is 2.42. The summed E-state index contributed by atoms with van der Waals surface area (Å²) >= 11 is 0. The van der Waals surface area contributed by atoms with Gasteiger partial charge >= 0.3 is 6.09 Å². The zero-order valence-electron chi connectivity index (χ0n) is 12.0. The molecule has 0 spiro atoms. The highest BCUT2D eigenvalue weighted by Gasteiger charge is 2.42. The summed E-state index contributed by atoms with van der Waals surface area (Å²) < 4.78 is 19.3. The summed E-state index contributed by atoms with van der Waals surface area (Å²) in [6, 6.07) is 4.59. The number of nitrogens with one attached hydrogen (secondary N) is 2. The van der Waals surface area contributed by atoms with Crippen molar-refractivity contribution in [1.29, 1.82) is 0 Å². The lowest BCUT2D eigenvalue weighted by atomic mass is 10.1. The predicted molar refractivity (Wildman–Crippen MR) is 76.1 cm³/mol. The molecule has 0 radical (unpaired) electrons. The Morgan fingerprint density at radius 2 is 2.14 bits per heavy atom. The van der Waals surface area contributed by atoms with Crippen molar-refractivity contribution < 1.29 is 18.7 Å². The van der Waals surface area contributed by atoms with Crippen LogP contribution >= 0.6 is 0 Å². The first-order valence-electron chi connectivity index (χ1n) is 7.67. The van der Waals surface area contributed by atoms with Crippen molar-refractivity contribution in [2.24, 2.45) is 0 Å². The fourth-order valence-corrected chi connectivity index (χ4v) is 3.37. The van der Waals surface area contributed by atoms with E-state index in [4.69, 9.17) is 4.74 Å². The molecular weight excluding hydrogens is 287 g/mol. The standard InChI is InChI=1S/C16H17FN2O3/c17-12-5-9(8-1-2-8)3-4-11(12)15(20)19-13-6-10-7-14(13)22-16(21)18-10/h3-5,8,10,13-14H,1-2,6-7H2,(H,18,21)(H,19,20)/t10-,13-,14-/m1/s1. The third-order valence-electron chi connectivity index (χ3n) is 4.69. The normalized spacial score (nSPS) is 29.7. The van der Waals surface area contributed by atoms with Gasteiger partial charge in [-0.2, -0.15) is 0 Å². The molecule has 2 N–H and O–H groups in total. The van der Waals surface area contributed by atoms with Gasteiger partial charge in [0, 0.05) is 12.5 Å². The van der Waals surface area contributed by atoms with Crippen molar-refractivity contribution in [3.63, 3.8) is 0 Å². The van der Waals surface area contributed by atoms with E-state index in [1.165, 1.54) is 6.07 Å². The molecule has 116 valence electrons. The fraction of sp³-hybridized carbons (Fsp3) is 0.500. The first-order valence-corrected chi connectivity index (χ1v) is 7.67. The van der Waals surface area contributed by atoms with Crippen LogP contribution in [0, 0.1) is 5.82 Å². The lowest BCUT2D eigenvalue weighted by Crippen LogP contribution is -2.44. The average Bonchev–Trinajstić information content (AvgIpc) is 3.26. The van der Waals surface area contributed by atoms with Crippen LogP contribution in [-0.2, 0) is 4.74 Å². The fourth-order valence-electron chi connectivity index (χ4n) is 3.37. The van der Waals surface area contributed by atoms with Gasteiger partial charge in [-0.3, -0.25) is 4.79 Å². The Labute approximate surface area is 127 Å². The summed E-state index contributed by atoms with van der Waals surface area (Å²) in [5, 5.41) is 5.50. The zero-order valence-corrected chi connectivity index (χ0v) is 12.0. The lowest BCUT2D eigenvalue weighted by Gasteiger charge is -2.23. The summed E-state index contributed by atoms with van der Waals surface area (Å²) in [6.07, 6.45) is 2.71. The van der Waals surface area contributed by atoms with E-state index in [2.05, 4.69) is 10.6 Å². The predicted octanol–water partition coefficient (Wildman–Crippen LogP) is 2.07. The van der Waals surface area contributed by atoms with Crippen LogP contribution in [-0.4, -0.2) is 30.2 Å². The maximum absolute atomic E-state index is 14.1. The molecule has 3 fully saturated rings. The Morgan fingerprint density at radius 1 is 1.32 bits per heavy atom. The van der Waals surface area contributed by atoms with Crippen molar-refractivity contribution in [2.75, 3.05) is 0 Å². The molecule has 2 saturated carbocycles. The molecule has 22 heavy (non-hydrogen) atoms. The Hall–Kier alpha value is -2.11. The highest BCUT2D eigenvalue weighted by atomic mass is 19.1. The van der Waals surface area contributed by atoms with Crippen molar-refractivity contribution >= 4 is 12.0 Å². The average molecular weight is 304 g/mol. The molecule has 0 unspecified atom stereocenters. The summed E-state index contributed by atoms with van der Waals surface area (Å²) in [5.41, 5.74) is 1.01. The summed E-state index contributed by atoms with van der Waals surface area (Å²) in [5.74, 6) is -0.488. The zero-order chi connectivity index (χ0) is 15.3. The molecule has 1 aliphatic heterocycles. The van der Waals surface area contributed by atoms with Crippen molar-refractivity contribution in [3.8, 4) is 0 Å². The van der Waals surface area contributed by atoms with Gasteiger partial charge in [-0.05, 0) is 42.9 Å². The van der Waals surface area contributed by atoms with Gasteiger partial charge in [-0.15, -0.1) is 0 Å². The molecule has 4 rings (SSSR count). The number of carbonyl (C=O) groups excluding carboxylic acids is 2. The number of alkyl carbamates (subject to hydrolysis) is 1. The number of hydrogen-bond acceptors (Lipinski definition) is 3. The molecule has 1 saturated heterocycles. The van der Waals surface area contributed by atoms with Crippen LogP contribution in [0.5, 0.6) is 0 Å². The molecule has 2 aliphatic carbocycles. The SMILES string of the molecule is O=C1N[C@@H]2C[C@@H](NC(=O)c3ccc(C4CC4)cc3F)[C@@H](C2)O1. The number of benzene rings is 1. The van der Waals surface area contributed by atoms with Crippen molar-refractivity contribution in [1.82, 2.24) is 10.6 Å². The minimum atomic E-state index is -0.488. The largest absolute Gasteiger partial charge is 0.444 e. The van der Waals surface area contributed by atoms with Gasteiger partial charge in [-0.25, -0.2) is 9.18 Å². The maximum atomic E-state index is 14.1. The molecule has 2 bridgehead atoms. The van der Waals surface area contributed by atoms with Gasteiger partial charge in [-0.1, -0.05) is 6.07 Å². The molecule has 0 aromatic heterocycles. The second-order valence-electron chi connectivity index (χ2n) is 6.35. The number of ether oxygens (including phenoxy) is 1. The van der Waals surface area contributed by atoms with Gasteiger partial charge in [0.05, 0.1) is 11.6 Å². The Morgan fingerprint density at radius 3 is 2.86 bits per heavy atom. The van der Waals surface area contributed by atoms with E-state index in [0.717, 1.165) is 18.4 Å². The minimum absolute atomic E-state index is 0.0265. The first-order chi connectivity index (χ1) is 10.6. The smallest absolute Gasteiger partial charge is 0.407 e. The minimum Gasteiger partial charge on any atom is -0.444 e. The summed E-state index contributed by atoms with van der Waals surface area (Å²) in [7, 11) is 0. The quantitative estimate of drug-likeness (QED) is 0.898. The Kier molecular flexibility index (Phi) is 3.06. The summed E-state index contributed by atoms with van der Waals surface area (Å²) in [6.45, 7) is 0. The second kappa shape index (κ2) is 4.97.